The predicted molar refractivity (Wildman–Crippen MR) is 143 cm³/mol. The molecule has 1 aliphatic heterocycles. The number of thiazole rings is 1. The van der Waals surface area contributed by atoms with E-state index in [9.17, 15) is 4.79 Å². The lowest BCUT2D eigenvalue weighted by atomic mass is 9.99. The fourth-order valence-corrected chi connectivity index (χ4v) is 5.33. The molecule has 0 radical (unpaired) electrons. The van der Waals surface area contributed by atoms with Crippen LogP contribution in [0.25, 0.3) is 32.2 Å². The summed E-state index contributed by atoms with van der Waals surface area (Å²) >= 11 is 1.57. The monoisotopic (exact) mass is 515 g/mol. The summed E-state index contributed by atoms with van der Waals surface area (Å²) in [5.74, 6) is -1.91. The third-order valence-electron chi connectivity index (χ3n) is 6.72. The molecule has 1 amide bonds. The quantitative estimate of drug-likeness (QED) is 0.322. The van der Waals surface area contributed by atoms with Gasteiger partial charge in [-0.3, -0.25) is 9.78 Å². The average molecular weight is 516 g/mol. The number of nitrogens with zero attached hydrogens (tertiary/aromatic N) is 4. The normalized spacial score (nSPS) is 14.4. The summed E-state index contributed by atoms with van der Waals surface area (Å²) in [7, 11) is 1.98. The Hall–Kier alpha value is -3.95. The second kappa shape index (κ2) is 9.49. The van der Waals surface area contributed by atoms with E-state index >= 15 is 8.78 Å². The molecular formula is C28H23F2N5OS. The van der Waals surface area contributed by atoms with Crippen molar-refractivity contribution in [2.45, 2.75) is 0 Å². The van der Waals surface area contributed by atoms with Gasteiger partial charge in [0.25, 0.3) is 5.91 Å². The molecule has 5 aromatic rings. The molecule has 1 saturated heterocycles. The standard InChI is InChI=1S/C28H23F2N5OS/c1-34-8-10-35(11-9-34)28(36)18-13-21(29)27(22(30)14-18)17-2-4-23-20(12-17)24(6-7-31-23)33-19-3-5-26-25(15-19)32-16-37-26/h2-7,12-16H,8-11H2,1H3,(H,31,33). The number of aromatic nitrogens is 2. The Morgan fingerprint density at radius 2 is 1.70 bits per heavy atom. The highest BCUT2D eigenvalue weighted by Gasteiger charge is 2.23. The maximum atomic E-state index is 15.3. The van der Waals surface area contributed by atoms with Crippen molar-refractivity contribution in [1.29, 1.82) is 0 Å². The number of piperazine rings is 1. The number of hydrogen-bond donors (Lipinski definition) is 1. The molecule has 9 heteroatoms. The van der Waals surface area contributed by atoms with Crippen molar-refractivity contribution >= 4 is 49.7 Å². The molecule has 2 aromatic heterocycles. The molecule has 0 saturated carbocycles. The Morgan fingerprint density at radius 3 is 2.49 bits per heavy atom. The van der Waals surface area contributed by atoms with Gasteiger partial charge in [0, 0.05) is 54.7 Å². The zero-order chi connectivity index (χ0) is 25.5. The first kappa shape index (κ1) is 23.4. The van der Waals surface area contributed by atoms with Gasteiger partial charge in [0.15, 0.2) is 0 Å². The van der Waals surface area contributed by atoms with Crippen LogP contribution in [0.2, 0.25) is 0 Å². The Balaban J connectivity index is 1.34. The molecule has 0 unspecified atom stereocenters. The van der Waals surface area contributed by atoms with E-state index in [1.165, 1.54) is 0 Å². The molecule has 0 bridgehead atoms. The predicted octanol–water partition coefficient (Wildman–Crippen LogP) is 5.92. The average Bonchev–Trinajstić information content (AvgIpc) is 3.37. The molecule has 6 rings (SSSR count). The van der Waals surface area contributed by atoms with Crippen LogP contribution in [0.4, 0.5) is 20.2 Å². The number of halogens is 2. The van der Waals surface area contributed by atoms with E-state index in [1.807, 2.05) is 31.3 Å². The number of rotatable bonds is 4. The highest BCUT2D eigenvalue weighted by molar-refractivity contribution is 7.16. The van der Waals surface area contributed by atoms with Crippen LogP contribution >= 0.6 is 11.3 Å². The molecule has 3 heterocycles. The molecule has 3 aromatic carbocycles. The van der Waals surface area contributed by atoms with E-state index in [2.05, 4.69) is 20.2 Å². The van der Waals surface area contributed by atoms with Gasteiger partial charge in [-0.05, 0) is 61.1 Å². The zero-order valence-electron chi connectivity index (χ0n) is 20.0. The number of carbonyl (C=O) groups is 1. The number of anilines is 2. The minimum absolute atomic E-state index is 0.0190. The number of pyridine rings is 1. The molecule has 0 aliphatic carbocycles. The van der Waals surface area contributed by atoms with E-state index in [0.29, 0.717) is 24.2 Å². The van der Waals surface area contributed by atoms with Crippen molar-refractivity contribution in [3.63, 3.8) is 0 Å². The van der Waals surface area contributed by atoms with E-state index in [0.717, 1.165) is 52.2 Å². The maximum Gasteiger partial charge on any atom is 0.254 e. The molecule has 1 aliphatic rings. The lowest BCUT2D eigenvalue weighted by Gasteiger charge is -2.32. The van der Waals surface area contributed by atoms with Gasteiger partial charge in [0.2, 0.25) is 0 Å². The van der Waals surface area contributed by atoms with Crippen LogP contribution in [-0.2, 0) is 0 Å². The van der Waals surface area contributed by atoms with Crippen LogP contribution in [0.15, 0.2) is 66.3 Å². The number of benzene rings is 3. The summed E-state index contributed by atoms with van der Waals surface area (Å²) in [6.45, 7) is 2.52. The highest BCUT2D eigenvalue weighted by Crippen LogP contribution is 2.34. The number of hydrogen-bond acceptors (Lipinski definition) is 6. The van der Waals surface area contributed by atoms with Crippen molar-refractivity contribution in [2.24, 2.45) is 0 Å². The molecule has 1 fully saturated rings. The van der Waals surface area contributed by atoms with Gasteiger partial charge in [-0.25, -0.2) is 13.8 Å². The van der Waals surface area contributed by atoms with Crippen molar-refractivity contribution in [3.05, 3.63) is 83.5 Å². The van der Waals surface area contributed by atoms with Crippen LogP contribution in [0.3, 0.4) is 0 Å². The fraction of sp³-hybridized carbons (Fsp3) is 0.179. The Labute approximate surface area is 216 Å². The third kappa shape index (κ3) is 4.52. The number of amides is 1. The van der Waals surface area contributed by atoms with Crippen molar-refractivity contribution < 1.29 is 13.6 Å². The van der Waals surface area contributed by atoms with Gasteiger partial charge in [0.1, 0.15) is 11.6 Å². The number of carbonyl (C=O) groups excluding carboxylic acids is 1. The largest absolute Gasteiger partial charge is 0.355 e. The van der Waals surface area contributed by atoms with Crippen LogP contribution < -0.4 is 5.32 Å². The minimum atomic E-state index is -0.774. The SMILES string of the molecule is CN1CCN(C(=O)c2cc(F)c(-c3ccc4nccc(Nc5ccc6scnc6c5)c4c3)c(F)c2)CC1. The number of fused-ring (bicyclic) bond motifs is 2. The second-order valence-corrected chi connectivity index (χ2v) is 10.0. The summed E-state index contributed by atoms with van der Waals surface area (Å²) in [4.78, 5) is 25.4. The first-order valence-corrected chi connectivity index (χ1v) is 12.8. The number of likely N-dealkylation sites (N-methyl/N-ethyl adjacent to an activating group) is 1. The Morgan fingerprint density at radius 1 is 0.919 bits per heavy atom. The summed E-state index contributed by atoms with van der Waals surface area (Å²) in [5, 5.41) is 4.10. The van der Waals surface area contributed by atoms with Crippen LogP contribution in [-0.4, -0.2) is 58.9 Å². The van der Waals surface area contributed by atoms with Gasteiger partial charge in [0.05, 0.1) is 26.8 Å². The summed E-state index contributed by atoms with van der Waals surface area (Å²) in [6.07, 6.45) is 1.69. The van der Waals surface area contributed by atoms with E-state index in [-0.39, 0.29) is 17.0 Å². The fourth-order valence-electron chi connectivity index (χ4n) is 4.67. The topological polar surface area (TPSA) is 61.4 Å². The Bertz CT molecular complexity index is 1620. The van der Waals surface area contributed by atoms with Crippen molar-refractivity contribution in [3.8, 4) is 11.1 Å². The Kier molecular flexibility index (Phi) is 6.02. The van der Waals surface area contributed by atoms with Gasteiger partial charge < -0.3 is 15.1 Å². The first-order chi connectivity index (χ1) is 18.0. The van der Waals surface area contributed by atoms with E-state index in [1.54, 1.807) is 46.1 Å². The van der Waals surface area contributed by atoms with E-state index in [4.69, 9.17) is 0 Å². The minimum Gasteiger partial charge on any atom is -0.355 e. The molecule has 0 spiro atoms. The number of nitrogens with one attached hydrogen (secondary N) is 1. The third-order valence-corrected chi connectivity index (χ3v) is 7.53. The van der Waals surface area contributed by atoms with Crippen LogP contribution in [0, 0.1) is 11.6 Å². The maximum absolute atomic E-state index is 15.3. The zero-order valence-corrected chi connectivity index (χ0v) is 20.9. The van der Waals surface area contributed by atoms with Crippen LogP contribution in [0.5, 0.6) is 0 Å². The summed E-state index contributed by atoms with van der Waals surface area (Å²) < 4.78 is 31.7. The second-order valence-electron chi connectivity index (χ2n) is 9.16. The van der Waals surface area contributed by atoms with Crippen molar-refractivity contribution in [1.82, 2.24) is 19.8 Å². The van der Waals surface area contributed by atoms with Gasteiger partial charge in [-0.1, -0.05) is 6.07 Å². The molecule has 1 N–H and O–H groups in total. The summed E-state index contributed by atoms with van der Waals surface area (Å²) in [5.41, 5.74) is 5.20. The lowest BCUT2D eigenvalue weighted by Crippen LogP contribution is -2.47. The molecular weight excluding hydrogens is 492 g/mol. The van der Waals surface area contributed by atoms with Gasteiger partial charge in [-0.2, -0.15) is 0 Å². The first-order valence-electron chi connectivity index (χ1n) is 11.9. The molecule has 6 nitrogen and oxygen atoms in total. The highest BCUT2D eigenvalue weighted by atomic mass is 32.1. The molecule has 37 heavy (non-hydrogen) atoms. The van der Waals surface area contributed by atoms with E-state index < -0.39 is 11.6 Å². The lowest BCUT2D eigenvalue weighted by molar-refractivity contribution is 0.0663. The van der Waals surface area contributed by atoms with Gasteiger partial charge >= 0.3 is 0 Å². The van der Waals surface area contributed by atoms with Crippen molar-refractivity contribution in [2.75, 3.05) is 38.5 Å². The van der Waals surface area contributed by atoms with Crippen LogP contribution in [0.1, 0.15) is 10.4 Å². The smallest absolute Gasteiger partial charge is 0.254 e. The molecule has 186 valence electrons. The summed E-state index contributed by atoms with van der Waals surface area (Å²) in [6, 6.07) is 15.1. The molecule has 0 atom stereocenters. The van der Waals surface area contributed by atoms with Gasteiger partial charge in [-0.15, -0.1) is 11.3 Å².